The maximum atomic E-state index is 13.0. The number of aryl methyl sites for hydroxylation is 1. The average molecular weight is 420 g/mol. The molecule has 0 aliphatic heterocycles. The van der Waals surface area contributed by atoms with Gasteiger partial charge in [0.05, 0.1) is 17.8 Å². The topological polar surface area (TPSA) is 66.5 Å². The highest BCUT2D eigenvalue weighted by Crippen LogP contribution is 2.34. The Kier molecular flexibility index (Phi) is 7.74. The molecular formula is C22H23F3N2O3. The van der Waals surface area contributed by atoms with Gasteiger partial charge in [0.25, 0.3) is 0 Å². The van der Waals surface area contributed by atoms with E-state index in [0.29, 0.717) is 5.56 Å². The van der Waals surface area contributed by atoms with Gasteiger partial charge in [-0.3, -0.25) is 14.4 Å². The SMILES string of the molecule is CCN(CC(=O)Nc1ccccc1C(F)(F)F)C(=O)CCC(=O)c1ccc(C)cc1. The Balaban J connectivity index is 1.94. The van der Waals surface area contributed by atoms with Crippen LogP contribution in [-0.2, 0) is 15.8 Å². The first kappa shape index (κ1) is 23.1. The van der Waals surface area contributed by atoms with E-state index in [0.717, 1.165) is 17.7 Å². The Labute approximate surface area is 172 Å². The van der Waals surface area contributed by atoms with Crippen molar-refractivity contribution in [3.63, 3.8) is 0 Å². The summed E-state index contributed by atoms with van der Waals surface area (Å²) in [5, 5.41) is 2.21. The standard InChI is InChI=1S/C22H23F3N2O3/c1-3-27(21(30)13-12-19(28)16-10-8-15(2)9-11-16)14-20(29)26-18-7-5-4-6-17(18)22(23,24)25/h4-11H,3,12-14H2,1-2H3,(H,26,29). The Morgan fingerprint density at radius 3 is 2.20 bits per heavy atom. The van der Waals surface area contributed by atoms with Crippen molar-refractivity contribution in [3.8, 4) is 0 Å². The molecule has 5 nitrogen and oxygen atoms in total. The maximum Gasteiger partial charge on any atom is 0.418 e. The fourth-order valence-electron chi connectivity index (χ4n) is 2.84. The van der Waals surface area contributed by atoms with Crippen LogP contribution in [0.15, 0.2) is 48.5 Å². The highest BCUT2D eigenvalue weighted by Gasteiger charge is 2.33. The number of nitrogens with zero attached hydrogens (tertiary/aromatic N) is 1. The van der Waals surface area contributed by atoms with Crippen molar-refractivity contribution >= 4 is 23.3 Å². The predicted molar refractivity (Wildman–Crippen MR) is 107 cm³/mol. The van der Waals surface area contributed by atoms with E-state index >= 15 is 0 Å². The number of hydrogen-bond donors (Lipinski definition) is 1. The average Bonchev–Trinajstić information content (AvgIpc) is 2.70. The summed E-state index contributed by atoms with van der Waals surface area (Å²) in [7, 11) is 0. The van der Waals surface area contributed by atoms with E-state index in [1.165, 1.54) is 17.0 Å². The van der Waals surface area contributed by atoms with Crippen molar-refractivity contribution in [2.75, 3.05) is 18.4 Å². The van der Waals surface area contributed by atoms with Crippen LogP contribution in [0.3, 0.4) is 0 Å². The van der Waals surface area contributed by atoms with E-state index in [1.54, 1.807) is 31.2 Å². The van der Waals surface area contributed by atoms with Crippen LogP contribution in [0.5, 0.6) is 0 Å². The fourth-order valence-corrected chi connectivity index (χ4v) is 2.84. The summed E-state index contributed by atoms with van der Waals surface area (Å²) in [6.45, 7) is 3.33. The van der Waals surface area contributed by atoms with Gasteiger partial charge in [-0.2, -0.15) is 13.2 Å². The van der Waals surface area contributed by atoms with Crippen molar-refractivity contribution in [2.45, 2.75) is 32.9 Å². The number of nitrogens with one attached hydrogen (secondary N) is 1. The number of carbonyl (C=O) groups is 3. The second-order valence-corrected chi connectivity index (χ2v) is 6.79. The third-order valence-corrected chi connectivity index (χ3v) is 4.51. The number of alkyl halides is 3. The third kappa shape index (κ3) is 6.43. The lowest BCUT2D eigenvalue weighted by Crippen LogP contribution is -2.38. The largest absolute Gasteiger partial charge is 0.418 e. The van der Waals surface area contributed by atoms with Crippen LogP contribution in [0.2, 0.25) is 0 Å². The zero-order valence-corrected chi connectivity index (χ0v) is 16.8. The number of anilines is 1. The van der Waals surface area contributed by atoms with Gasteiger partial charge in [-0.1, -0.05) is 42.0 Å². The van der Waals surface area contributed by atoms with Crippen LogP contribution in [0.4, 0.5) is 18.9 Å². The monoisotopic (exact) mass is 420 g/mol. The van der Waals surface area contributed by atoms with E-state index in [4.69, 9.17) is 0 Å². The van der Waals surface area contributed by atoms with Gasteiger partial charge in [0.2, 0.25) is 11.8 Å². The van der Waals surface area contributed by atoms with Gasteiger partial charge in [0, 0.05) is 24.9 Å². The van der Waals surface area contributed by atoms with Gasteiger partial charge in [-0.05, 0) is 26.0 Å². The molecule has 1 N–H and O–H groups in total. The molecule has 0 spiro atoms. The Bertz CT molecular complexity index is 909. The molecule has 0 heterocycles. The third-order valence-electron chi connectivity index (χ3n) is 4.51. The number of benzene rings is 2. The van der Waals surface area contributed by atoms with E-state index < -0.39 is 30.1 Å². The molecular weight excluding hydrogens is 397 g/mol. The maximum absolute atomic E-state index is 13.0. The van der Waals surface area contributed by atoms with Crippen molar-refractivity contribution in [1.29, 1.82) is 0 Å². The van der Waals surface area contributed by atoms with Crippen LogP contribution in [-0.4, -0.2) is 35.6 Å². The number of para-hydroxylation sites is 1. The van der Waals surface area contributed by atoms with Gasteiger partial charge in [0.1, 0.15) is 0 Å². The van der Waals surface area contributed by atoms with E-state index in [9.17, 15) is 27.6 Å². The first-order valence-corrected chi connectivity index (χ1v) is 9.45. The Morgan fingerprint density at radius 1 is 0.967 bits per heavy atom. The molecule has 8 heteroatoms. The Hall–Kier alpha value is -3.16. The lowest BCUT2D eigenvalue weighted by Gasteiger charge is -2.21. The normalized spacial score (nSPS) is 11.1. The minimum atomic E-state index is -4.61. The van der Waals surface area contributed by atoms with Crippen LogP contribution in [0.25, 0.3) is 0 Å². The smallest absolute Gasteiger partial charge is 0.334 e. The molecule has 2 aromatic rings. The zero-order valence-electron chi connectivity index (χ0n) is 16.8. The summed E-state index contributed by atoms with van der Waals surface area (Å²) in [6, 6.07) is 11.6. The van der Waals surface area contributed by atoms with Crippen LogP contribution in [0.1, 0.15) is 41.3 Å². The van der Waals surface area contributed by atoms with E-state index in [-0.39, 0.29) is 30.9 Å². The zero-order chi connectivity index (χ0) is 22.3. The number of rotatable bonds is 8. The van der Waals surface area contributed by atoms with Gasteiger partial charge in [-0.15, -0.1) is 0 Å². The number of amides is 2. The predicted octanol–water partition coefficient (Wildman–Crippen LogP) is 4.46. The number of carbonyl (C=O) groups excluding carboxylic acids is 3. The van der Waals surface area contributed by atoms with Gasteiger partial charge >= 0.3 is 6.18 Å². The van der Waals surface area contributed by atoms with Crippen molar-refractivity contribution < 1.29 is 27.6 Å². The van der Waals surface area contributed by atoms with E-state index in [2.05, 4.69) is 5.32 Å². The molecule has 0 saturated carbocycles. The van der Waals surface area contributed by atoms with E-state index in [1.807, 2.05) is 6.92 Å². The second-order valence-electron chi connectivity index (χ2n) is 6.79. The summed E-state index contributed by atoms with van der Waals surface area (Å²) in [4.78, 5) is 38.0. The molecule has 30 heavy (non-hydrogen) atoms. The highest BCUT2D eigenvalue weighted by molar-refractivity contribution is 5.99. The molecule has 0 fully saturated rings. The van der Waals surface area contributed by atoms with Crippen molar-refractivity contribution in [3.05, 3.63) is 65.2 Å². The van der Waals surface area contributed by atoms with Crippen molar-refractivity contribution in [2.24, 2.45) is 0 Å². The summed E-state index contributed by atoms with van der Waals surface area (Å²) >= 11 is 0. The minimum absolute atomic E-state index is 0.0169. The van der Waals surface area contributed by atoms with Crippen molar-refractivity contribution in [1.82, 2.24) is 4.90 Å². The molecule has 0 unspecified atom stereocenters. The molecule has 0 atom stereocenters. The molecule has 0 aliphatic carbocycles. The number of halogens is 3. The first-order valence-electron chi connectivity index (χ1n) is 9.45. The summed E-state index contributed by atoms with van der Waals surface area (Å²) < 4.78 is 39.1. The minimum Gasteiger partial charge on any atom is -0.334 e. The number of likely N-dealkylation sites (N-methyl/N-ethyl adjacent to an activating group) is 1. The quantitative estimate of drug-likeness (QED) is 0.641. The number of hydrogen-bond acceptors (Lipinski definition) is 3. The molecule has 0 saturated heterocycles. The molecule has 160 valence electrons. The summed E-state index contributed by atoms with van der Waals surface area (Å²) in [6.07, 6.45) is -4.72. The summed E-state index contributed by atoms with van der Waals surface area (Å²) in [5.74, 6) is -1.35. The number of Topliss-reactive ketones (excluding diaryl/α,β-unsaturated/α-hetero) is 1. The van der Waals surface area contributed by atoms with Gasteiger partial charge in [-0.25, -0.2) is 0 Å². The molecule has 2 rings (SSSR count). The Morgan fingerprint density at radius 2 is 1.60 bits per heavy atom. The van der Waals surface area contributed by atoms with Crippen LogP contribution in [0, 0.1) is 6.92 Å². The highest BCUT2D eigenvalue weighted by atomic mass is 19.4. The summed E-state index contributed by atoms with van der Waals surface area (Å²) in [5.41, 5.74) is 0.181. The first-order chi connectivity index (χ1) is 14.1. The second kappa shape index (κ2) is 10.0. The van der Waals surface area contributed by atoms with Gasteiger partial charge in [0.15, 0.2) is 5.78 Å². The van der Waals surface area contributed by atoms with Crippen LogP contribution < -0.4 is 5.32 Å². The lowest BCUT2D eigenvalue weighted by atomic mass is 10.0. The van der Waals surface area contributed by atoms with Crippen LogP contribution >= 0.6 is 0 Å². The molecule has 0 radical (unpaired) electrons. The molecule has 0 aromatic heterocycles. The molecule has 0 aliphatic rings. The van der Waals surface area contributed by atoms with Gasteiger partial charge < -0.3 is 10.2 Å². The lowest BCUT2D eigenvalue weighted by molar-refractivity contribution is -0.137. The molecule has 0 bridgehead atoms. The molecule has 2 aromatic carbocycles. The fraction of sp³-hybridized carbons (Fsp3) is 0.318. The number of ketones is 1. The molecule has 2 amide bonds.